The number of carboxylic acid groups (broad SMARTS) is 1. The average Bonchev–Trinajstić information content (AvgIpc) is 2.63. The van der Waals surface area contributed by atoms with Crippen LogP contribution in [-0.4, -0.2) is 23.3 Å². The van der Waals surface area contributed by atoms with Crippen LogP contribution in [0.5, 0.6) is 0 Å². The molecule has 0 saturated carbocycles. The third-order valence-corrected chi connectivity index (χ3v) is 4.36. The molecule has 1 aliphatic rings. The number of rotatable bonds is 0. The highest BCUT2D eigenvalue weighted by atomic mass is 79.9. The van der Waals surface area contributed by atoms with Crippen molar-refractivity contribution < 1.29 is 14.3 Å². The fourth-order valence-electron chi connectivity index (χ4n) is 2.76. The van der Waals surface area contributed by atoms with E-state index in [1.807, 2.05) is 20.8 Å². The van der Waals surface area contributed by atoms with E-state index in [0.29, 0.717) is 28.7 Å². The lowest BCUT2D eigenvalue weighted by atomic mass is 10.0. The lowest BCUT2D eigenvalue weighted by Crippen LogP contribution is -2.63. The molecule has 1 heterocycles. The van der Waals surface area contributed by atoms with Gasteiger partial charge in [0.1, 0.15) is 17.0 Å². The van der Waals surface area contributed by atoms with Crippen molar-refractivity contribution in [1.29, 1.82) is 0 Å². The Balaban J connectivity index is 2.73. The molecule has 0 aliphatic carbocycles. The van der Waals surface area contributed by atoms with Crippen LogP contribution in [0.2, 0.25) is 0 Å². The molecule has 1 aromatic carbocycles. The van der Waals surface area contributed by atoms with E-state index < -0.39 is 11.6 Å². The van der Waals surface area contributed by atoms with Gasteiger partial charge in [-0.2, -0.15) is 9.28 Å². The van der Waals surface area contributed by atoms with Crippen molar-refractivity contribution in [2.24, 2.45) is 0 Å². The maximum Gasteiger partial charge on any atom is 0.519 e. The summed E-state index contributed by atoms with van der Waals surface area (Å²) in [5.74, 6) is -0.335. The molecular weight excluding hydrogens is 301 g/mol. The van der Waals surface area contributed by atoms with Crippen molar-refractivity contribution in [3.05, 3.63) is 28.0 Å². The highest BCUT2D eigenvalue weighted by molar-refractivity contribution is 9.10. The first-order chi connectivity index (χ1) is 8.22. The van der Waals surface area contributed by atoms with Gasteiger partial charge in [0.05, 0.1) is 16.6 Å². The molecular formula is C13H16BrFNO2+. The van der Waals surface area contributed by atoms with Crippen molar-refractivity contribution in [2.45, 2.75) is 32.7 Å². The number of carbonyl (C=O) groups is 1. The van der Waals surface area contributed by atoms with Gasteiger partial charge in [0.25, 0.3) is 0 Å². The summed E-state index contributed by atoms with van der Waals surface area (Å²) in [5, 5.41) is 9.64. The van der Waals surface area contributed by atoms with E-state index in [1.165, 1.54) is 0 Å². The molecule has 0 saturated heterocycles. The van der Waals surface area contributed by atoms with E-state index >= 15 is 0 Å². The Morgan fingerprint density at radius 3 is 2.56 bits per heavy atom. The molecule has 18 heavy (non-hydrogen) atoms. The summed E-state index contributed by atoms with van der Waals surface area (Å²) >= 11 is 3.14. The fourth-order valence-corrected chi connectivity index (χ4v) is 3.13. The molecule has 1 aromatic rings. The van der Waals surface area contributed by atoms with Crippen LogP contribution < -0.4 is 4.48 Å². The smallest absolute Gasteiger partial charge is 0.435 e. The Morgan fingerprint density at radius 2 is 2.06 bits per heavy atom. The van der Waals surface area contributed by atoms with E-state index in [2.05, 4.69) is 15.9 Å². The van der Waals surface area contributed by atoms with Crippen molar-refractivity contribution in [1.82, 2.24) is 4.48 Å². The second-order valence-corrected chi connectivity index (χ2v) is 6.45. The zero-order valence-electron chi connectivity index (χ0n) is 10.6. The van der Waals surface area contributed by atoms with Crippen LogP contribution in [0.1, 0.15) is 26.3 Å². The first-order valence-corrected chi connectivity index (χ1v) is 6.60. The lowest BCUT2D eigenvalue weighted by molar-refractivity contribution is 0.109. The summed E-state index contributed by atoms with van der Waals surface area (Å²) in [4.78, 5) is 11.8. The van der Waals surface area contributed by atoms with Crippen LogP contribution in [0.25, 0.3) is 0 Å². The Morgan fingerprint density at radius 1 is 1.44 bits per heavy atom. The van der Waals surface area contributed by atoms with Crippen molar-refractivity contribution in [3.63, 3.8) is 0 Å². The highest BCUT2D eigenvalue weighted by Gasteiger charge is 2.54. The molecule has 3 nitrogen and oxygen atoms in total. The van der Waals surface area contributed by atoms with Gasteiger partial charge in [0, 0.05) is 12.5 Å². The Hall–Kier alpha value is -0.940. The monoisotopic (exact) mass is 316 g/mol. The number of fused-ring (bicyclic) bond motifs is 1. The van der Waals surface area contributed by atoms with Crippen LogP contribution in [0.15, 0.2) is 16.6 Å². The van der Waals surface area contributed by atoms with Crippen LogP contribution in [-0.2, 0) is 6.42 Å². The molecule has 0 bridgehead atoms. The summed E-state index contributed by atoms with van der Waals surface area (Å²) in [6, 6.07) is 3.30. The normalized spacial score (nSPS) is 22.9. The third-order valence-electron chi connectivity index (χ3n) is 3.75. The summed E-state index contributed by atoms with van der Waals surface area (Å²) in [6.07, 6.45) is -0.479. The quantitative estimate of drug-likeness (QED) is 0.736. The standard InChI is InChI=1S/C13H15BrFNO2/c1-13(2,3)16(12(17)18)7-6-8-10(16)5-4-9(14)11(8)15/h4-5H,6-7H2,1-3H3/p+1. The molecule has 5 heteroatoms. The summed E-state index contributed by atoms with van der Waals surface area (Å²) in [7, 11) is 0. The van der Waals surface area contributed by atoms with Crippen molar-refractivity contribution in [2.75, 3.05) is 6.54 Å². The van der Waals surface area contributed by atoms with Crippen LogP contribution in [0.3, 0.4) is 0 Å². The fraction of sp³-hybridized carbons (Fsp3) is 0.462. The number of quaternary nitrogens is 1. The lowest BCUT2D eigenvalue weighted by Gasteiger charge is -2.40. The number of hydrogen-bond acceptors (Lipinski definition) is 1. The maximum atomic E-state index is 14.0. The summed E-state index contributed by atoms with van der Waals surface area (Å²) < 4.78 is 14.2. The topological polar surface area (TPSA) is 37.3 Å². The molecule has 1 unspecified atom stereocenters. The van der Waals surface area contributed by atoms with Gasteiger partial charge >= 0.3 is 6.09 Å². The van der Waals surface area contributed by atoms with Crippen LogP contribution in [0.4, 0.5) is 14.9 Å². The SMILES string of the molecule is CC(C)(C)[N+]1(C(=O)O)CCc2c1ccc(Br)c2F. The molecule has 0 radical (unpaired) electrons. The van der Waals surface area contributed by atoms with E-state index in [0.717, 1.165) is 0 Å². The Kier molecular flexibility index (Phi) is 3.02. The van der Waals surface area contributed by atoms with Crippen molar-refractivity contribution >= 4 is 27.7 Å². The van der Waals surface area contributed by atoms with Gasteiger partial charge in [-0.3, -0.25) is 0 Å². The van der Waals surface area contributed by atoms with E-state index in [1.54, 1.807) is 12.1 Å². The highest BCUT2D eigenvalue weighted by Crippen LogP contribution is 2.44. The molecule has 0 aromatic heterocycles. The first-order valence-electron chi connectivity index (χ1n) is 5.81. The second-order valence-electron chi connectivity index (χ2n) is 5.60. The second kappa shape index (κ2) is 4.03. The predicted octanol–water partition coefficient (Wildman–Crippen LogP) is 3.93. The van der Waals surface area contributed by atoms with E-state index in [4.69, 9.17) is 0 Å². The molecule has 0 spiro atoms. The van der Waals surface area contributed by atoms with Gasteiger partial charge < -0.3 is 5.11 Å². The molecule has 1 N–H and O–H groups in total. The van der Waals surface area contributed by atoms with Gasteiger partial charge in [-0.15, -0.1) is 0 Å². The van der Waals surface area contributed by atoms with Crippen LogP contribution >= 0.6 is 15.9 Å². The van der Waals surface area contributed by atoms with Crippen LogP contribution in [0, 0.1) is 5.82 Å². The zero-order valence-corrected chi connectivity index (χ0v) is 12.2. The molecule has 98 valence electrons. The van der Waals surface area contributed by atoms with Gasteiger partial charge in [-0.05, 0) is 42.8 Å². The molecule has 0 fully saturated rings. The zero-order chi connectivity index (χ0) is 13.7. The minimum Gasteiger partial charge on any atom is -0.435 e. The predicted molar refractivity (Wildman–Crippen MR) is 72.2 cm³/mol. The Labute approximate surface area is 114 Å². The van der Waals surface area contributed by atoms with Crippen molar-refractivity contribution in [3.8, 4) is 0 Å². The summed E-state index contributed by atoms with van der Waals surface area (Å²) in [5.41, 5.74) is 0.564. The van der Waals surface area contributed by atoms with Gasteiger partial charge in [0.15, 0.2) is 0 Å². The van der Waals surface area contributed by atoms with Gasteiger partial charge in [0.2, 0.25) is 0 Å². The number of hydrogen-bond donors (Lipinski definition) is 1. The number of nitrogens with zero attached hydrogens (tertiary/aromatic N) is 1. The third kappa shape index (κ3) is 1.61. The molecule has 2 rings (SSSR count). The van der Waals surface area contributed by atoms with Gasteiger partial charge in [-0.25, -0.2) is 4.39 Å². The van der Waals surface area contributed by atoms with E-state index in [9.17, 15) is 14.3 Å². The van der Waals surface area contributed by atoms with Gasteiger partial charge in [-0.1, -0.05) is 0 Å². The largest absolute Gasteiger partial charge is 0.519 e. The number of halogens is 2. The number of amides is 1. The maximum absolute atomic E-state index is 14.0. The number of benzene rings is 1. The van der Waals surface area contributed by atoms with E-state index in [-0.39, 0.29) is 10.3 Å². The molecule has 1 atom stereocenters. The average molecular weight is 317 g/mol. The summed E-state index contributed by atoms with van der Waals surface area (Å²) in [6.45, 7) is 6.00. The Bertz CT molecular complexity index is 524. The molecule has 1 amide bonds. The molecule has 1 aliphatic heterocycles. The minimum atomic E-state index is -0.928. The minimum absolute atomic E-state index is 0.216. The first kappa shape index (κ1) is 13.5.